The molecule has 1 aromatic heterocycles. The number of carbonyl (C=O) groups excluding carboxylic acids is 1. The maximum Gasteiger partial charge on any atom is 0.315 e. The van der Waals surface area contributed by atoms with Crippen LogP contribution in [0, 0.1) is 0 Å². The molecule has 2 rings (SSSR count). The summed E-state index contributed by atoms with van der Waals surface area (Å²) in [4.78, 5) is 15.6. The van der Waals surface area contributed by atoms with Crippen molar-refractivity contribution < 1.29 is 19.0 Å². The Hall–Kier alpha value is -2.96. The standard InChI is InChI=1S/C17H21N3O4/c1-22-14-4-3-5-15(16(14)23-2)24-11-10-19-17(21)20-12-13-6-8-18-9-7-13/h3-9H,10-12H2,1-2H3,(H2,19,20,21). The Bertz CT molecular complexity index is 650. The summed E-state index contributed by atoms with van der Waals surface area (Å²) >= 11 is 0. The van der Waals surface area contributed by atoms with Crippen LogP contribution in [0.1, 0.15) is 5.56 Å². The van der Waals surface area contributed by atoms with Crippen LogP contribution in [0.15, 0.2) is 42.7 Å². The maximum atomic E-state index is 11.7. The third-order valence-electron chi connectivity index (χ3n) is 3.21. The van der Waals surface area contributed by atoms with Gasteiger partial charge in [0, 0.05) is 18.9 Å². The Morgan fingerprint density at radius 1 is 1.04 bits per heavy atom. The molecule has 0 saturated carbocycles. The molecule has 0 saturated heterocycles. The number of amides is 2. The normalized spacial score (nSPS) is 9.92. The van der Waals surface area contributed by atoms with Crippen LogP contribution in [-0.2, 0) is 6.54 Å². The molecule has 2 aromatic rings. The van der Waals surface area contributed by atoms with E-state index in [9.17, 15) is 4.79 Å². The Labute approximate surface area is 140 Å². The molecule has 24 heavy (non-hydrogen) atoms. The van der Waals surface area contributed by atoms with E-state index in [1.54, 1.807) is 38.7 Å². The fourth-order valence-corrected chi connectivity index (χ4v) is 2.04. The minimum atomic E-state index is -0.256. The van der Waals surface area contributed by atoms with E-state index in [1.807, 2.05) is 18.2 Å². The third-order valence-corrected chi connectivity index (χ3v) is 3.21. The zero-order chi connectivity index (χ0) is 17.2. The summed E-state index contributed by atoms with van der Waals surface area (Å²) in [5, 5.41) is 5.49. The molecule has 0 aliphatic heterocycles. The van der Waals surface area contributed by atoms with E-state index in [0.717, 1.165) is 5.56 Å². The number of hydrogen-bond acceptors (Lipinski definition) is 5. The molecule has 0 aliphatic carbocycles. The minimum Gasteiger partial charge on any atom is -0.493 e. The lowest BCUT2D eigenvalue weighted by atomic mass is 10.3. The first-order valence-corrected chi connectivity index (χ1v) is 7.49. The van der Waals surface area contributed by atoms with Crippen LogP contribution >= 0.6 is 0 Å². The van der Waals surface area contributed by atoms with E-state index >= 15 is 0 Å². The number of benzene rings is 1. The second kappa shape index (κ2) is 9.24. The summed E-state index contributed by atoms with van der Waals surface area (Å²) in [5.41, 5.74) is 0.984. The summed E-state index contributed by atoms with van der Waals surface area (Å²) in [7, 11) is 3.12. The molecule has 2 N–H and O–H groups in total. The molecule has 0 radical (unpaired) electrons. The molecule has 0 spiro atoms. The van der Waals surface area contributed by atoms with Crippen molar-refractivity contribution in [3.63, 3.8) is 0 Å². The molecule has 0 atom stereocenters. The fraction of sp³-hybridized carbons (Fsp3) is 0.294. The van der Waals surface area contributed by atoms with Gasteiger partial charge in [0.1, 0.15) is 6.61 Å². The summed E-state index contributed by atoms with van der Waals surface area (Å²) in [6, 6.07) is 8.82. The number of methoxy groups -OCH3 is 2. The van der Waals surface area contributed by atoms with Gasteiger partial charge in [0.15, 0.2) is 11.5 Å². The van der Waals surface area contributed by atoms with Crippen LogP contribution in [0.4, 0.5) is 4.79 Å². The van der Waals surface area contributed by atoms with Crippen molar-refractivity contribution in [1.29, 1.82) is 0 Å². The van der Waals surface area contributed by atoms with Gasteiger partial charge in [-0.1, -0.05) is 6.07 Å². The summed E-state index contributed by atoms with van der Waals surface area (Å²) in [6.45, 7) is 1.12. The highest BCUT2D eigenvalue weighted by atomic mass is 16.5. The van der Waals surface area contributed by atoms with Crippen LogP contribution in [0.25, 0.3) is 0 Å². The van der Waals surface area contributed by atoms with E-state index in [0.29, 0.717) is 36.9 Å². The second-order valence-corrected chi connectivity index (χ2v) is 4.81. The average Bonchev–Trinajstić information content (AvgIpc) is 2.64. The van der Waals surface area contributed by atoms with E-state index in [4.69, 9.17) is 14.2 Å². The lowest BCUT2D eigenvalue weighted by Gasteiger charge is -2.14. The molecule has 2 amide bonds. The van der Waals surface area contributed by atoms with Gasteiger partial charge in [-0.3, -0.25) is 4.98 Å². The lowest BCUT2D eigenvalue weighted by molar-refractivity contribution is 0.235. The van der Waals surface area contributed by atoms with Gasteiger partial charge in [0.05, 0.1) is 20.8 Å². The van der Waals surface area contributed by atoms with E-state index in [-0.39, 0.29) is 6.03 Å². The zero-order valence-electron chi connectivity index (χ0n) is 13.7. The molecular weight excluding hydrogens is 310 g/mol. The van der Waals surface area contributed by atoms with Gasteiger partial charge in [0.25, 0.3) is 0 Å². The van der Waals surface area contributed by atoms with E-state index in [1.165, 1.54) is 0 Å². The van der Waals surface area contributed by atoms with Gasteiger partial charge in [-0.2, -0.15) is 0 Å². The van der Waals surface area contributed by atoms with Crippen molar-refractivity contribution >= 4 is 6.03 Å². The smallest absolute Gasteiger partial charge is 0.315 e. The predicted octanol–water partition coefficient (Wildman–Crippen LogP) is 1.98. The topological polar surface area (TPSA) is 81.7 Å². The van der Waals surface area contributed by atoms with Gasteiger partial charge in [-0.05, 0) is 29.8 Å². The number of hydrogen-bond donors (Lipinski definition) is 2. The number of carbonyl (C=O) groups is 1. The van der Waals surface area contributed by atoms with Crippen LogP contribution in [-0.4, -0.2) is 38.4 Å². The van der Waals surface area contributed by atoms with Crippen molar-refractivity contribution in [1.82, 2.24) is 15.6 Å². The number of aromatic nitrogens is 1. The highest BCUT2D eigenvalue weighted by Crippen LogP contribution is 2.36. The average molecular weight is 331 g/mol. The third kappa shape index (κ3) is 5.05. The fourth-order valence-electron chi connectivity index (χ4n) is 2.04. The van der Waals surface area contributed by atoms with Gasteiger partial charge >= 0.3 is 6.03 Å². The Morgan fingerprint density at radius 3 is 2.50 bits per heavy atom. The van der Waals surface area contributed by atoms with Gasteiger partial charge in [-0.15, -0.1) is 0 Å². The maximum absolute atomic E-state index is 11.7. The van der Waals surface area contributed by atoms with Gasteiger partial charge in [0.2, 0.25) is 5.75 Å². The molecule has 1 aromatic carbocycles. The highest BCUT2D eigenvalue weighted by molar-refractivity contribution is 5.73. The minimum absolute atomic E-state index is 0.256. The molecule has 1 heterocycles. The number of para-hydroxylation sites is 1. The highest BCUT2D eigenvalue weighted by Gasteiger charge is 2.10. The molecule has 0 aliphatic rings. The predicted molar refractivity (Wildman–Crippen MR) is 89.5 cm³/mol. The van der Waals surface area contributed by atoms with Crippen LogP contribution in [0.5, 0.6) is 17.2 Å². The first-order valence-electron chi connectivity index (χ1n) is 7.49. The summed E-state index contributed by atoms with van der Waals surface area (Å²) < 4.78 is 16.1. The van der Waals surface area contributed by atoms with Gasteiger partial charge < -0.3 is 24.8 Å². The number of ether oxygens (including phenoxy) is 3. The molecule has 7 heteroatoms. The summed E-state index contributed by atoms with van der Waals surface area (Å²) in [5.74, 6) is 1.69. The lowest BCUT2D eigenvalue weighted by Crippen LogP contribution is -2.37. The number of urea groups is 1. The zero-order valence-corrected chi connectivity index (χ0v) is 13.7. The van der Waals surface area contributed by atoms with Crippen molar-refractivity contribution in [3.8, 4) is 17.2 Å². The number of nitrogens with one attached hydrogen (secondary N) is 2. The van der Waals surface area contributed by atoms with Crippen molar-refractivity contribution in [3.05, 3.63) is 48.3 Å². The number of pyridine rings is 1. The largest absolute Gasteiger partial charge is 0.493 e. The SMILES string of the molecule is COc1cccc(OCCNC(=O)NCc2ccncc2)c1OC. The van der Waals surface area contributed by atoms with E-state index in [2.05, 4.69) is 15.6 Å². The van der Waals surface area contributed by atoms with Crippen LogP contribution in [0.3, 0.4) is 0 Å². The van der Waals surface area contributed by atoms with Gasteiger partial charge in [-0.25, -0.2) is 4.79 Å². The second-order valence-electron chi connectivity index (χ2n) is 4.81. The molecule has 128 valence electrons. The number of nitrogens with zero attached hydrogens (tertiary/aromatic N) is 1. The first-order chi connectivity index (χ1) is 11.7. The Kier molecular flexibility index (Phi) is 6.70. The van der Waals surface area contributed by atoms with Crippen molar-refractivity contribution in [2.75, 3.05) is 27.4 Å². The molecule has 7 nitrogen and oxygen atoms in total. The van der Waals surface area contributed by atoms with E-state index < -0.39 is 0 Å². The van der Waals surface area contributed by atoms with Crippen molar-refractivity contribution in [2.24, 2.45) is 0 Å². The van der Waals surface area contributed by atoms with Crippen molar-refractivity contribution in [2.45, 2.75) is 6.54 Å². The molecule has 0 fully saturated rings. The van der Waals surface area contributed by atoms with Crippen LogP contribution in [0.2, 0.25) is 0 Å². The van der Waals surface area contributed by atoms with Crippen LogP contribution < -0.4 is 24.8 Å². The molecule has 0 bridgehead atoms. The Morgan fingerprint density at radius 2 is 1.79 bits per heavy atom. The molecule has 0 unspecified atom stereocenters. The Balaban J connectivity index is 1.72. The monoisotopic (exact) mass is 331 g/mol. The number of rotatable bonds is 8. The first kappa shape index (κ1) is 17.4. The summed E-state index contributed by atoms with van der Waals surface area (Å²) in [6.07, 6.45) is 3.37. The quantitative estimate of drug-likeness (QED) is 0.723. The molecular formula is C17H21N3O4.